The maximum Gasteiger partial charge on any atom is 0.418 e. The number of ether oxygens (including phenoxy) is 1. The lowest BCUT2D eigenvalue weighted by molar-refractivity contribution is 0.214. The van der Waals surface area contributed by atoms with E-state index in [1.807, 2.05) is 6.07 Å². The van der Waals surface area contributed by atoms with Crippen LogP contribution in [0.1, 0.15) is 0 Å². The maximum absolute atomic E-state index is 11.9. The topological polar surface area (TPSA) is 108 Å². The summed E-state index contributed by atoms with van der Waals surface area (Å²) in [6.45, 7) is 0. The Labute approximate surface area is 119 Å². The number of aryl methyl sites for hydroxylation is 1. The van der Waals surface area contributed by atoms with Crippen molar-refractivity contribution in [1.82, 2.24) is 19.7 Å². The number of hydrogen-bond acceptors (Lipinski definition) is 6. The number of anilines is 2. The Morgan fingerprint density at radius 3 is 2.81 bits per heavy atom. The van der Waals surface area contributed by atoms with E-state index >= 15 is 0 Å². The highest BCUT2D eigenvalue weighted by Crippen LogP contribution is 2.22. The molecule has 3 aromatic rings. The lowest BCUT2D eigenvalue weighted by atomic mass is 10.3. The molecule has 0 aliphatic rings. The van der Waals surface area contributed by atoms with E-state index in [0.29, 0.717) is 16.7 Å². The largest absolute Gasteiger partial charge is 0.418 e. The van der Waals surface area contributed by atoms with Gasteiger partial charge in [0.2, 0.25) is 11.8 Å². The van der Waals surface area contributed by atoms with Gasteiger partial charge in [0.05, 0.1) is 6.20 Å². The summed E-state index contributed by atoms with van der Waals surface area (Å²) in [6, 6.07) is 8.94. The molecule has 8 heteroatoms. The third kappa shape index (κ3) is 2.59. The average molecular weight is 284 g/mol. The molecule has 1 amide bonds. The van der Waals surface area contributed by atoms with Crippen LogP contribution in [0.5, 0.6) is 5.88 Å². The van der Waals surface area contributed by atoms with E-state index in [-0.39, 0.29) is 11.8 Å². The van der Waals surface area contributed by atoms with Crippen molar-refractivity contribution in [1.29, 1.82) is 0 Å². The first-order valence-corrected chi connectivity index (χ1v) is 6.12. The molecule has 0 spiro atoms. The molecule has 2 heterocycles. The summed E-state index contributed by atoms with van der Waals surface area (Å²) >= 11 is 0. The van der Waals surface area contributed by atoms with E-state index in [4.69, 9.17) is 10.5 Å². The van der Waals surface area contributed by atoms with Gasteiger partial charge in [0.1, 0.15) is 5.39 Å². The number of hydrogen-bond donors (Lipinski definition) is 2. The molecule has 0 aliphatic carbocycles. The van der Waals surface area contributed by atoms with Gasteiger partial charge in [-0.2, -0.15) is 15.1 Å². The second-order valence-corrected chi connectivity index (χ2v) is 4.27. The standard InChI is InChI=1S/C13H12N6O2/c1-19-10-9(7-15-19)11(18-12(14)17-10)21-13(20)16-8-5-3-2-4-6-8/h2-7H,1H3,(H,16,20)(H2,14,17,18). The van der Waals surface area contributed by atoms with Gasteiger partial charge >= 0.3 is 6.09 Å². The molecule has 1 aromatic carbocycles. The minimum Gasteiger partial charge on any atom is -0.390 e. The summed E-state index contributed by atoms with van der Waals surface area (Å²) in [4.78, 5) is 19.9. The lowest BCUT2D eigenvalue weighted by Gasteiger charge is -2.07. The fourth-order valence-electron chi connectivity index (χ4n) is 1.84. The first kappa shape index (κ1) is 12.9. The van der Waals surface area contributed by atoms with E-state index in [2.05, 4.69) is 20.4 Å². The second-order valence-electron chi connectivity index (χ2n) is 4.27. The van der Waals surface area contributed by atoms with Crippen molar-refractivity contribution < 1.29 is 9.53 Å². The normalized spacial score (nSPS) is 10.5. The number of amides is 1. The molecule has 0 saturated heterocycles. The minimum absolute atomic E-state index is 0.00797. The van der Waals surface area contributed by atoms with Gasteiger partial charge in [-0.25, -0.2) is 4.79 Å². The van der Waals surface area contributed by atoms with Gasteiger partial charge in [-0.3, -0.25) is 10.00 Å². The zero-order valence-corrected chi connectivity index (χ0v) is 11.1. The first-order valence-electron chi connectivity index (χ1n) is 6.12. The van der Waals surface area contributed by atoms with Crippen LogP contribution in [0.2, 0.25) is 0 Å². The van der Waals surface area contributed by atoms with Crippen LogP contribution in [0.25, 0.3) is 11.0 Å². The molecule has 106 valence electrons. The van der Waals surface area contributed by atoms with Crippen molar-refractivity contribution in [3.63, 3.8) is 0 Å². The van der Waals surface area contributed by atoms with Crippen molar-refractivity contribution >= 4 is 28.8 Å². The Hall–Kier alpha value is -3.16. The van der Waals surface area contributed by atoms with Crippen LogP contribution in [0.3, 0.4) is 0 Å². The molecule has 0 unspecified atom stereocenters. The van der Waals surface area contributed by atoms with Crippen molar-refractivity contribution in [3.8, 4) is 5.88 Å². The van der Waals surface area contributed by atoms with E-state index in [1.165, 1.54) is 10.9 Å². The second kappa shape index (κ2) is 5.08. The Morgan fingerprint density at radius 2 is 2.05 bits per heavy atom. The molecule has 2 aromatic heterocycles. The molecule has 0 saturated carbocycles. The monoisotopic (exact) mass is 284 g/mol. The number of carbonyl (C=O) groups excluding carboxylic acids is 1. The van der Waals surface area contributed by atoms with Crippen LogP contribution in [0.15, 0.2) is 36.5 Å². The van der Waals surface area contributed by atoms with Crippen LogP contribution < -0.4 is 15.8 Å². The third-order valence-electron chi connectivity index (χ3n) is 2.78. The Kier molecular flexibility index (Phi) is 3.11. The van der Waals surface area contributed by atoms with Gasteiger partial charge in [0.25, 0.3) is 0 Å². The molecular formula is C13H12N6O2. The molecule has 0 radical (unpaired) electrons. The number of aromatic nitrogens is 4. The molecule has 3 rings (SSSR count). The van der Waals surface area contributed by atoms with Crippen LogP contribution in [-0.2, 0) is 7.05 Å². The summed E-state index contributed by atoms with van der Waals surface area (Å²) in [7, 11) is 1.71. The molecule has 8 nitrogen and oxygen atoms in total. The van der Waals surface area contributed by atoms with E-state index in [9.17, 15) is 4.79 Å². The van der Waals surface area contributed by atoms with Gasteiger partial charge in [0, 0.05) is 12.7 Å². The summed E-state index contributed by atoms with van der Waals surface area (Å²) in [6.07, 6.45) is 0.851. The van der Waals surface area contributed by atoms with E-state index in [1.54, 1.807) is 31.3 Å². The summed E-state index contributed by atoms with van der Waals surface area (Å²) in [5.74, 6) is 0.0765. The predicted octanol–water partition coefficient (Wildman–Crippen LogP) is 1.56. The molecule has 0 atom stereocenters. The first-order chi connectivity index (χ1) is 10.1. The predicted molar refractivity (Wildman–Crippen MR) is 76.8 cm³/mol. The van der Waals surface area contributed by atoms with Crippen molar-refractivity contribution in [3.05, 3.63) is 36.5 Å². The number of nitrogens with zero attached hydrogens (tertiary/aromatic N) is 4. The molecule has 0 fully saturated rings. The minimum atomic E-state index is -0.663. The van der Waals surface area contributed by atoms with Crippen LogP contribution >= 0.6 is 0 Å². The average Bonchev–Trinajstić information content (AvgIpc) is 2.81. The summed E-state index contributed by atoms with van der Waals surface area (Å²) in [5.41, 5.74) is 6.71. The number of benzene rings is 1. The highest BCUT2D eigenvalue weighted by molar-refractivity contribution is 5.89. The number of nitrogens with two attached hydrogens (primary N) is 1. The third-order valence-corrected chi connectivity index (χ3v) is 2.78. The highest BCUT2D eigenvalue weighted by Gasteiger charge is 2.14. The molecule has 0 aliphatic heterocycles. The fraction of sp³-hybridized carbons (Fsp3) is 0.0769. The zero-order valence-electron chi connectivity index (χ0n) is 11.1. The van der Waals surface area contributed by atoms with Crippen molar-refractivity contribution in [2.45, 2.75) is 0 Å². The Balaban J connectivity index is 1.86. The Morgan fingerprint density at radius 1 is 1.29 bits per heavy atom. The van der Waals surface area contributed by atoms with Gasteiger partial charge in [-0.05, 0) is 12.1 Å². The maximum atomic E-state index is 11.9. The lowest BCUT2D eigenvalue weighted by Crippen LogP contribution is -2.17. The number of nitrogen functional groups attached to an aromatic ring is 1. The van der Waals surface area contributed by atoms with E-state index < -0.39 is 6.09 Å². The number of para-hydroxylation sites is 1. The molecular weight excluding hydrogens is 272 g/mol. The van der Waals surface area contributed by atoms with E-state index in [0.717, 1.165) is 0 Å². The van der Waals surface area contributed by atoms with Gasteiger partial charge in [-0.1, -0.05) is 18.2 Å². The smallest absolute Gasteiger partial charge is 0.390 e. The summed E-state index contributed by atoms with van der Waals surface area (Å²) < 4.78 is 6.71. The Bertz CT molecular complexity index is 799. The number of nitrogens with one attached hydrogen (secondary N) is 1. The molecule has 3 N–H and O–H groups in total. The zero-order chi connectivity index (χ0) is 14.8. The summed E-state index contributed by atoms with van der Waals surface area (Å²) in [5, 5.41) is 7.14. The van der Waals surface area contributed by atoms with Crippen LogP contribution in [0.4, 0.5) is 16.4 Å². The molecule has 21 heavy (non-hydrogen) atoms. The van der Waals surface area contributed by atoms with Crippen molar-refractivity contribution in [2.75, 3.05) is 11.1 Å². The van der Waals surface area contributed by atoms with Crippen LogP contribution in [-0.4, -0.2) is 25.8 Å². The van der Waals surface area contributed by atoms with Gasteiger partial charge in [-0.15, -0.1) is 0 Å². The number of fused-ring (bicyclic) bond motifs is 1. The SMILES string of the molecule is Cn1ncc2c(OC(=O)Nc3ccccc3)nc(N)nc21. The highest BCUT2D eigenvalue weighted by atomic mass is 16.6. The number of rotatable bonds is 2. The van der Waals surface area contributed by atoms with Gasteiger partial charge in [0.15, 0.2) is 5.65 Å². The molecule has 0 bridgehead atoms. The van der Waals surface area contributed by atoms with Gasteiger partial charge < -0.3 is 10.5 Å². The quantitative estimate of drug-likeness (QED) is 0.739. The fourth-order valence-corrected chi connectivity index (χ4v) is 1.84. The number of carbonyl (C=O) groups is 1. The van der Waals surface area contributed by atoms with Crippen LogP contribution in [0, 0.1) is 0 Å². The van der Waals surface area contributed by atoms with Crippen molar-refractivity contribution in [2.24, 2.45) is 7.05 Å².